The lowest BCUT2D eigenvalue weighted by molar-refractivity contribution is -0.159. The van der Waals surface area contributed by atoms with Crippen molar-refractivity contribution in [2.75, 3.05) is 41.7 Å². The Labute approximate surface area is 285 Å². The van der Waals surface area contributed by atoms with Crippen LogP contribution in [0.2, 0.25) is 0 Å². The molecule has 2 aliphatic rings. The minimum absolute atomic E-state index is 0.191. The zero-order valence-corrected chi connectivity index (χ0v) is 28.8. The number of carbonyl (C=O) groups is 1. The number of fused-ring (bicyclic) bond motifs is 1. The summed E-state index contributed by atoms with van der Waals surface area (Å²) >= 11 is 0. The highest BCUT2D eigenvalue weighted by Crippen LogP contribution is 2.34. The van der Waals surface area contributed by atoms with Crippen molar-refractivity contribution in [1.82, 2.24) is 19.9 Å². The normalized spacial score (nSPS) is 15.7. The summed E-state index contributed by atoms with van der Waals surface area (Å²) in [4.78, 5) is 34.3. The number of piperidine rings is 1. The minimum atomic E-state index is -0.560. The van der Waals surface area contributed by atoms with Gasteiger partial charge in [-0.05, 0) is 106 Å². The maximum Gasteiger partial charge on any atom is 0.311 e. The van der Waals surface area contributed by atoms with Crippen molar-refractivity contribution >= 4 is 23.4 Å². The van der Waals surface area contributed by atoms with Crippen LogP contribution in [0.25, 0.3) is 11.1 Å². The first kappa shape index (κ1) is 33.4. The Balaban J connectivity index is 1.11. The molecule has 6 rings (SSSR count). The van der Waals surface area contributed by atoms with E-state index in [9.17, 15) is 4.79 Å². The van der Waals surface area contributed by atoms with Crippen LogP contribution in [0.1, 0.15) is 81.7 Å². The Hall–Kier alpha value is -4.53. The SMILES string of the molecule is CCc1c(NC[C@H](CCc2ccc(-c3ccncc3)cc2)C(=O)OC(C)(C)C)ncnc1N1CCC(c2ccc3c(n2)NCCC3)CC1. The third-order valence-electron chi connectivity index (χ3n) is 9.41. The second kappa shape index (κ2) is 15.1. The van der Waals surface area contributed by atoms with E-state index < -0.39 is 5.60 Å². The van der Waals surface area contributed by atoms with Crippen molar-refractivity contribution in [3.05, 3.63) is 89.6 Å². The molecule has 0 spiro atoms. The maximum absolute atomic E-state index is 13.4. The number of aromatic nitrogens is 4. The van der Waals surface area contributed by atoms with E-state index in [4.69, 9.17) is 14.7 Å². The van der Waals surface area contributed by atoms with Crippen molar-refractivity contribution in [2.24, 2.45) is 5.92 Å². The summed E-state index contributed by atoms with van der Waals surface area (Å²) in [5.41, 5.74) is 6.52. The number of benzene rings is 1. The van der Waals surface area contributed by atoms with Gasteiger partial charge in [-0.2, -0.15) is 0 Å². The molecule has 2 N–H and O–H groups in total. The number of nitrogens with zero attached hydrogens (tertiary/aromatic N) is 5. The fraction of sp³-hybridized carbons (Fsp3) is 0.462. The topological polar surface area (TPSA) is 105 Å². The van der Waals surface area contributed by atoms with Crippen LogP contribution in [0.3, 0.4) is 0 Å². The summed E-state index contributed by atoms with van der Waals surface area (Å²) in [6.07, 6.45) is 11.8. The van der Waals surface area contributed by atoms with Crippen molar-refractivity contribution in [2.45, 2.75) is 84.2 Å². The Morgan fingerprint density at radius 3 is 2.50 bits per heavy atom. The molecule has 0 unspecified atom stereocenters. The van der Waals surface area contributed by atoms with Crippen LogP contribution in [0.5, 0.6) is 0 Å². The van der Waals surface area contributed by atoms with Gasteiger partial charge in [0.25, 0.3) is 0 Å². The summed E-state index contributed by atoms with van der Waals surface area (Å²) in [6.45, 7) is 11.2. The zero-order valence-electron chi connectivity index (χ0n) is 28.8. The first-order chi connectivity index (χ1) is 23.3. The number of pyridine rings is 2. The van der Waals surface area contributed by atoms with Crippen LogP contribution in [0.15, 0.2) is 67.3 Å². The lowest BCUT2D eigenvalue weighted by Gasteiger charge is -2.34. The van der Waals surface area contributed by atoms with Gasteiger partial charge < -0.3 is 20.3 Å². The third kappa shape index (κ3) is 8.30. The van der Waals surface area contributed by atoms with Crippen molar-refractivity contribution in [3.8, 4) is 11.1 Å². The molecule has 1 aromatic carbocycles. The lowest BCUT2D eigenvalue weighted by Crippen LogP contribution is -2.35. The number of anilines is 3. The van der Waals surface area contributed by atoms with E-state index in [-0.39, 0.29) is 11.9 Å². The molecule has 48 heavy (non-hydrogen) atoms. The van der Waals surface area contributed by atoms with Crippen molar-refractivity contribution in [1.29, 1.82) is 0 Å². The van der Waals surface area contributed by atoms with E-state index in [1.54, 1.807) is 18.7 Å². The van der Waals surface area contributed by atoms with E-state index in [2.05, 4.69) is 68.8 Å². The number of esters is 1. The van der Waals surface area contributed by atoms with E-state index in [0.29, 0.717) is 18.9 Å². The first-order valence-electron chi connectivity index (χ1n) is 17.6. The quantitative estimate of drug-likeness (QED) is 0.163. The van der Waals surface area contributed by atoms with Gasteiger partial charge in [0, 0.05) is 55.7 Å². The summed E-state index contributed by atoms with van der Waals surface area (Å²) < 4.78 is 5.87. The van der Waals surface area contributed by atoms with Crippen LogP contribution in [-0.2, 0) is 28.8 Å². The molecule has 0 saturated carbocycles. The van der Waals surface area contributed by atoms with Gasteiger partial charge in [0.15, 0.2) is 0 Å². The highest BCUT2D eigenvalue weighted by molar-refractivity contribution is 5.74. The Kier molecular flexibility index (Phi) is 10.5. The first-order valence-corrected chi connectivity index (χ1v) is 17.6. The zero-order chi connectivity index (χ0) is 33.5. The lowest BCUT2D eigenvalue weighted by atomic mass is 9.92. The van der Waals surface area contributed by atoms with Crippen LogP contribution in [0, 0.1) is 5.92 Å². The molecule has 5 heterocycles. The molecular weight excluding hydrogens is 598 g/mol. The van der Waals surface area contributed by atoms with Crippen LogP contribution in [0.4, 0.5) is 17.5 Å². The molecule has 3 aromatic heterocycles. The Bertz CT molecular complexity index is 1660. The molecule has 1 fully saturated rings. The maximum atomic E-state index is 13.4. The van der Waals surface area contributed by atoms with Gasteiger partial charge in [0.05, 0.1) is 5.92 Å². The summed E-state index contributed by atoms with van der Waals surface area (Å²) in [5.74, 6) is 2.77. The fourth-order valence-corrected chi connectivity index (χ4v) is 6.77. The smallest absolute Gasteiger partial charge is 0.311 e. The molecule has 0 bridgehead atoms. The average molecular weight is 648 g/mol. The summed E-state index contributed by atoms with van der Waals surface area (Å²) in [5, 5.41) is 7.02. The number of ether oxygens (including phenoxy) is 1. The third-order valence-corrected chi connectivity index (χ3v) is 9.41. The molecule has 252 valence electrons. The molecule has 9 heteroatoms. The number of hydrogen-bond donors (Lipinski definition) is 2. The van der Waals surface area contributed by atoms with Gasteiger partial charge >= 0.3 is 5.97 Å². The standard InChI is InChI=1S/C39H49N7O2/c1-5-33-36(43-26-44-37(33)46-23-18-30(19-24-46)34-15-14-31-7-6-20-41-35(31)45-34)42-25-32(38(47)48-39(2,3)4)13-10-27-8-11-28(12-9-27)29-16-21-40-22-17-29/h8-9,11-12,14-17,21-22,26,30,32H,5-7,10,13,18-20,23-25H2,1-4H3,(H,41,45)(H,42,43,44)/t32-/m0/s1. The van der Waals surface area contributed by atoms with E-state index in [1.807, 2.05) is 32.9 Å². The predicted molar refractivity (Wildman–Crippen MR) is 192 cm³/mol. The van der Waals surface area contributed by atoms with E-state index in [1.165, 1.54) is 23.2 Å². The Morgan fingerprint density at radius 2 is 1.77 bits per heavy atom. The molecule has 2 aliphatic heterocycles. The predicted octanol–water partition coefficient (Wildman–Crippen LogP) is 7.24. The molecule has 1 saturated heterocycles. The van der Waals surface area contributed by atoms with E-state index >= 15 is 0 Å². The number of rotatable bonds is 11. The molecule has 9 nitrogen and oxygen atoms in total. The van der Waals surface area contributed by atoms with Crippen LogP contribution < -0.4 is 15.5 Å². The minimum Gasteiger partial charge on any atom is -0.460 e. The molecule has 0 aliphatic carbocycles. The number of nitrogens with one attached hydrogen (secondary N) is 2. The van der Waals surface area contributed by atoms with Gasteiger partial charge in [0.2, 0.25) is 0 Å². The Morgan fingerprint density at radius 1 is 1.02 bits per heavy atom. The molecular formula is C39H49N7O2. The fourth-order valence-electron chi connectivity index (χ4n) is 6.77. The van der Waals surface area contributed by atoms with Crippen LogP contribution in [-0.4, -0.2) is 57.7 Å². The van der Waals surface area contributed by atoms with Gasteiger partial charge in [-0.15, -0.1) is 0 Å². The van der Waals surface area contributed by atoms with Crippen molar-refractivity contribution < 1.29 is 9.53 Å². The molecule has 4 aromatic rings. The number of hydrogen-bond acceptors (Lipinski definition) is 9. The molecule has 1 atom stereocenters. The summed E-state index contributed by atoms with van der Waals surface area (Å²) in [7, 11) is 0. The monoisotopic (exact) mass is 647 g/mol. The van der Waals surface area contributed by atoms with Gasteiger partial charge in [0.1, 0.15) is 29.4 Å². The van der Waals surface area contributed by atoms with Gasteiger partial charge in [-0.25, -0.2) is 15.0 Å². The van der Waals surface area contributed by atoms with Crippen molar-refractivity contribution in [3.63, 3.8) is 0 Å². The largest absolute Gasteiger partial charge is 0.460 e. The number of carbonyl (C=O) groups excluding carboxylic acids is 1. The summed E-state index contributed by atoms with van der Waals surface area (Å²) in [6, 6.07) is 17.1. The average Bonchev–Trinajstić information content (AvgIpc) is 3.11. The molecule has 0 amide bonds. The second-order valence-corrected chi connectivity index (χ2v) is 14.0. The molecule has 0 radical (unpaired) electrons. The van der Waals surface area contributed by atoms with E-state index in [0.717, 1.165) is 85.9 Å². The second-order valence-electron chi connectivity index (χ2n) is 14.0. The van der Waals surface area contributed by atoms with Gasteiger partial charge in [-0.1, -0.05) is 37.3 Å². The highest BCUT2D eigenvalue weighted by atomic mass is 16.6. The highest BCUT2D eigenvalue weighted by Gasteiger charge is 2.28. The van der Waals surface area contributed by atoms with Crippen LogP contribution >= 0.6 is 0 Å². The van der Waals surface area contributed by atoms with Gasteiger partial charge in [-0.3, -0.25) is 9.78 Å². The number of aryl methyl sites for hydroxylation is 2.